The Morgan fingerprint density at radius 2 is 2.09 bits per heavy atom. The predicted octanol–water partition coefficient (Wildman–Crippen LogP) is 0.435. The molecule has 0 aliphatic carbocycles. The van der Waals surface area contributed by atoms with E-state index in [4.69, 9.17) is 18.0 Å². The number of thiocarbonyl (C=S) groups is 1. The number of hydrogen-bond donors (Lipinski definition) is 2. The molecule has 0 saturated heterocycles. The number of carbonyl (C=O) groups is 1. The van der Waals surface area contributed by atoms with Crippen LogP contribution in [0.1, 0.15) is 20.3 Å². The third-order valence-corrected chi connectivity index (χ3v) is 1.90. The first-order chi connectivity index (χ1) is 4.90. The normalized spacial score (nSPS) is 10.8. The van der Waals surface area contributed by atoms with Gasteiger partial charge in [-0.15, -0.1) is 0 Å². The summed E-state index contributed by atoms with van der Waals surface area (Å²) in [6.45, 7) is 3.55. The van der Waals surface area contributed by atoms with Gasteiger partial charge in [0.05, 0.1) is 4.99 Å². The second-order valence-electron chi connectivity index (χ2n) is 3.10. The lowest BCUT2D eigenvalue weighted by molar-refractivity contribution is -0.125. The van der Waals surface area contributed by atoms with Crippen molar-refractivity contribution < 1.29 is 4.79 Å². The van der Waals surface area contributed by atoms with Gasteiger partial charge in [-0.05, 0) is 0 Å². The molecule has 0 saturated carbocycles. The van der Waals surface area contributed by atoms with Crippen LogP contribution in [-0.2, 0) is 4.79 Å². The van der Waals surface area contributed by atoms with Gasteiger partial charge in [-0.25, -0.2) is 0 Å². The minimum absolute atomic E-state index is 0.324. The first-order valence-corrected chi connectivity index (χ1v) is 3.81. The molecule has 0 fully saturated rings. The number of primary amides is 1. The van der Waals surface area contributed by atoms with Crippen molar-refractivity contribution in [2.75, 3.05) is 7.05 Å². The number of amides is 1. The van der Waals surface area contributed by atoms with E-state index in [9.17, 15) is 4.79 Å². The Morgan fingerprint density at radius 1 is 1.64 bits per heavy atom. The Morgan fingerprint density at radius 3 is 2.36 bits per heavy atom. The number of nitrogens with two attached hydrogens (primary N) is 1. The highest BCUT2D eigenvalue weighted by Crippen LogP contribution is 2.19. The van der Waals surface area contributed by atoms with E-state index in [1.165, 1.54) is 0 Å². The summed E-state index contributed by atoms with van der Waals surface area (Å²) in [6.07, 6.45) is 0.508. The Balaban J connectivity index is 4.12. The molecule has 0 aromatic rings. The summed E-state index contributed by atoms with van der Waals surface area (Å²) in [7, 11) is 1.74. The molecule has 0 unspecified atom stereocenters. The molecule has 3 nitrogen and oxygen atoms in total. The molecule has 3 N–H and O–H groups in total. The Labute approximate surface area is 72.3 Å². The van der Waals surface area contributed by atoms with Crippen LogP contribution in [0.3, 0.4) is 0 Å². The van der Waals surface area contributed by atoms with Crippen LogP contribution in [-0.4, -0.2) is 17.9 Å². The van der Waals surface area contributed by atoms with E-state index in [-0.39, 0.29) is 5.91 Å². The van der Waals surface area contributed by atoms with E-state index < -0.39 is 5.41 Å². The van der Waals surface area contributed by atoms with Gasteiger partial charge in [0.2, 0.25) is 5.91 Å². The summed E-state index contributed by atoms with van der Waals surface area (Å²) in [5, 5.41) is 2.80. The number of hydrogen-bond acceptors (Lipinski definition) is 2. The van der Waals surface area contributed by atoms with Crippen molar-refractivity contribution in [3.8, 4) is 0 Å². The molecular weight excluding hydrogens is 160 g/mol. The van der Waals surface area contributed by atoms with Gasteiger partial charge < -0.3 is 11.1 Å². The number of rotatable bonds is 3. The fourth-order valence-corrected chi connectivity index (χ4v) is 0.938. The molecule has 4 heteroatoms. The fourth-order valence-electron chi connectivity index (χ4n) is 0.577. The van der Waals surface area contributed by atoms with Gasteiger partial charge in [0, 0.05) is 18.9 Å². The van der Waals surface area contributed by atoms with Crippen molar-refractivity contribution in [1.82, 2.24) is 5.32 Å². The monoisotopic (exact) mass is 174 g/mol. The third-order valence-electron chi connectivity index (χ3n) is 1.55. The van der Waals surface area contributed by atoms with Crippen LogP contribution >= 0.6 is 12.2 Å². The van der Waals surface area contributed by atoms with Crippen LogP contribution in [0.5, 0.6) is 0 Å². The summed E-state index contributed by atoms with van der Waals surface area (Å²) < 4.78 is 0. The molecule has 0 aliphatic rings. The smallest absolute Gasteiger partial charge is 0.223 e. The van der Waals surface area contributed by atoms with Crippen molar-refractivity contribution in [2.24, 2.45) is 11.1 Å². The van der Waals surface area contributed by atoms with Gasteiger partial charge in [0.25, 0.3) is 0 Å². The molecule has 0 bridgehead atoms. The molecule has 0 heterocycles. The zero-order valence-electron chi connectivity index (χ0n) is 7.10. The van der Waals surface area contributed by atoms with Crippen molar-refractivity contribution >= 4 is 23.1 Å². The van der Waals surface area contributed by atoms with Gasteiger partial charge >= 0.3 is 0 Å². The maximum atomic E-state index is 10.8. The Kier molecular flexibility index (Phi) is 3.45. The maximum absolute atomic E-state index is 10.8. The zero-order valence-corrected chi connectivity index (χ0v) is 7.92. The highest BCUT2D eigenvalue weighted by molar-refractivity contribution is 7.80. The van der Waals surface area contributed by atoms with Crippen LogP contribution < -0.4 is 11.1 Å². The molecule has 0 aromatic carbocycles. The third kappa shape index (κ3) is 3.32. The second kappa shape index (κ2) is 3.67. The lowest BCUT2D eigenvalue weighted by atomic mass is 9.89. The Bertz CT molecular complexity index is 177. The summed E-state index contributed by atoms with van der Waals surface area (Å²) in [5.41, 5.74) is 4.61. The lowest BCUT2D eigenvalue weighted by Crippen LogP contribution is -2.35. The SMILES string of the molecule is CNC(=S)CC(C)(C)C(N)=O. The van der Waals surface area contributed by atoms with E-state index in [1.807, 2.05) is 0 Å². The summed E-state index contributed by atoms with van der Waals surface area (Å²) >= 11 is 4.90. The van der Waals surface area contributed by atoms with Crippen LogP contribution in [0, 0.1) is 5.41 Å². The first kappa shape index (κ1) is 10.4. The Hall–Kier alpha value is -0.640. The van der Waals surface area contributed by atoms with E-state index in [2.05, 4.69) is 5.32 Å². The molecular formula is C7H14N2OS. The fraction of sp³-hybridized carbons (Fsp3) is 0.714. The molecule has 1 amide bonds. The summed E-state index contributed by atoms with van der Waals surface area (Å²) in [6, 6.07) is 0. The standard InChI is InChI=1S/C7H14N2OS/c1-7(2,6(8)10)4-5(11)9-3/h4H2,1-3H3,(H2,8,10)(H,9,11). The maximum Gasteiger partial charge on any atom is 0.223 e. The van der Waals surface area contributed by atoms with Crippen molar-refractivity contribution in [3.05, 3.63) is 0 Å². The summed E-state index contributed by atoms with van der Waals surface area (Å²) in [5.74, 6) is -0.324. The van der Waals surface area contributed by atoms with E-state index in [0.29, 0.717) is 11.4 Å². The minimum Gasteiger partial charge on any atom is -0.383 e. The lowest BCUT2D eigenvalue weighted by Gasteiger charge is -2.20. The number of nitrogens with one attached hydrogen (secondary N) is 1. The largest absolute Gasteiger partial charge is 0.383 e. The van der Waals surface area contributed by atoms with Crippen molar-refractivity contribution in [3.63, 3.8) is 0 Å². The minimum atomic E-state index is -0.542. The van der Waals surface area contributed by atoms with Crippen LogP contribution in [0.2, 0.25) is 0 Å². The molecule has 0 aromatic heterocycles. The molecule has 0 aliphatic heterocycles. The van der Waals surface area contributed by atoms with Gasteiger partial charge in [-0.3, -0.25) is 4.79 Å². The van der Waals surface area contributed by atoms with E-state index >= 15 is 0 Å². The average molecular weight is 174 g/mol. The quantitative estimate of drug-likeness (QED) is 0.610. The van der Waals surface area contributed by atoms with Gasteiger partial charge in [-0.1, -0.05) is 26.1 Å². The van der Waals surface area contributed by atoms with Crippen molar-refractivity contribution in [2.45, 2.75) is 20.3 Å². The predicted molar refractivity (Wildman–Crippen MR) is 49.3 cm³/mol. The van der Waals surface area contributed by atoms with Gasteiger partial charge in [0.15, 0.2) is 0 Å². The van der Waals surface area contributed by atoms with E-state index in [0.717, 1.165) is 0 Å². The first-order valence-electron chi connectivity index (χ1n) is 3.40. The molecule has 64 valence electrons. The van der Waals surface area contributed by atoms with Gasteiger partial charge in [-0.2, -0.15) is 0 Å². The molecule has 0 atom stereocenters. The average Bonchev–Trinajstić information content (AvgIpc) is 1.86. The van der Waals surface area contributed by atoms with Crippen LogP contribution in [0.25, 0.3) is 0 Å². The van der Waals surface area contributed by atoms with E-state index in [1.54, 1.807) is 20.9 Å². The number of carbonyl (C=O) groups excluding carboxylic acids is 1. The molecule has 0 spiro atoms. The van der Waals surface area contributed by atoms with Crippen LogP contribution in [0.4, 0.5) is 0 Å². The highest BCUT2D eigenvalue weighted by atomic mass is 32.1. The summed E-state index contributed by atoms with van der Waals surface area (Å²) in [4.78, 5) is 11.5. The molecule has 0 radical (unpaired) electrons. The zero-order chi connectivity index (χ0) is 9.07. The second-order valence-corrected chi connectivity index (χ2v) is 3.59. The van der Waals surface area contributed by atoms with Gasteiger partial charge in [0.1, 0.15) is 0 Å². The van der Waals surface area contributed by atoms with Crippen LogP contribution in [0.15, 0.2) is 0 Å². The molecule has 11 heavy (non-hydrogen) atoms. The topological polar surface area (TPSA) is 55.1 Å². The highest BCUT2D eigenvalue weighted by Gasteiger charge is 2.25. The molecule has 0 rings (SSSR count). The van der Waals surface area contributed by atoms with Crippen molar-refractivity contribution in [1.29, 1.82) is 0 Å².